The van der Waals surface area contributed by atoms with Gasteiger partial charge >= 0.3 is 0 Å². The molecule has 0 aromatic carbocycles. The van der Waals surface area contributed by atoms with Crippen molar-refractivity contribution in [3.8, 4) is 11.6 Å². The van der Waals surface area contributed by atoms with Crippen molar-refractivity contribution in [2.24, 2.45) is 7.05 Å². The number of aryl methyl sites for hydroxylation is 2. The fourth-order valence-corrected chi connectivity index (χ4v) is 1.44. The zero-order valence-electron chi connectivity index (χ0n) is 10.1. The van der Waals surface area contributed by atoms with Gasteiger partial charge in [0.05, 0.1) is 12.4 Å². The minimum Gasteiger partial charge on any atom is -0.435 e. The molecule has 2 aromatic heterocycles. The average molecular weight is 233 g/mol. The molecule has 6 nitrogen and oxygen atoms in total. The third-order valence-corrected chi connectivity index (χ3v) is 2.21. The van der Waals surface area contributed by atoms with Crippen molar-refractivity contribution < 1.29 is 4.74 Å². The Hall–Kier alpha value is -1.95. The lowest BCUT2D eigenvalue weighted by Gasteiger charge is -2.08. The van der Waals surface area contributed by atoms with Gasteiger partial charge in [-0.05, 0) is 14.0 Å². The van der Waals surface area contributed by atoms with Crippen LogP contribution in [-0.2, 0) is 13.6 Å². The van der Waals surface area contributed by atoms with Crippen LogP contribution in [0.2, 0.25) is 0 Å². The van der Waals surface area contributed by atoms with Crippen LogP contribution in [0, 0.1) is 6.92 Å². The summed E-state index contributed by atoms with van der Waals surface area (Å²) in [6.07, 6.45) is 5.21. The molecule has 2 rings (SSSR count). The number of nitrogens with one attached hydrogen (secondary N) is 1. The van der Waals surface area contributed by atoms with Crippen molar-refractivity contribution in [3.05, 3.63) is 30.0 Å². The molecule has 0 amide bonds. The number of ether oxygens (including phenoxy) is 1. The highest BCUT2D eigenvalue weighted by molar-refractivity contribution is 5.28. The molecule has 17 heavy (non-hydrogen) atoms. The molecule has 90 valence electrons. The normalized spacial score (nSPS) is 10.5. The first-order valence-corrected chi connectivity index (χ1v) is 5.32. The van der Waals surface area contributed by atoms with Crippen molar-refractivity contribution >= 4 is 0 Å². The van der Waals surface area contributed by atoms with E-state index >= 15 is 0 Å². The maximum absolute atomic E-state index is 5.69. The predicted octanol–water partition coefficient (Wildman–Crippen LogP) is 1.03. The average Bonchev–Trinajstić information content (AvgIpc) is 2.68. The summed E-state index contributed by atoms with van der Waals surface area (Å²) in [5.41, 5.74) is 0.918. The highest BCUT2D eigenvalue weighted by Crippen LogP contribution is 2.22. The molecule has 0 unspecified atom stereocenters. The Kier molecular flexibility index (Phi) is 3.34. The van der Waals surface area contributed by atoms with Gasteiger partial charge in [-0.2, -0.15) is 10.1 Å². The number of nitrogens with zero attached hydrogens (tertiary/aromatic N) is 4. The first-order valence-electron chi connectivity index (χ1n) is 5.32. The zero-order chi connectivity index (χ0) is 12.3. The van der Waals surface area contributed by atoms with Gasteiger partial charge in [0.1, 0.15) is 5.82 Å². The van der Waals surface area contributed by atoms with Crippen LogP contribution in [0.25, 0.3) is 0 Å². The van der Waals surface area contributed by atoms with Crippen LogP contribution in [0.15, 0.2) is 18.6 Å². The smallest absolute Gasteiger partial charge is 0.227 e. The van der Waals surface area contributed by atoms with Gasteiger partial charge in [0.25, 0.3) is 0 Å². The van der Waals surface area contributed by atoms with Crippen LogP contribution >= 0.6 is 0 Å². The highest BCUT2D eigenvalue weighted by Gasteiger charge is 2.08. The molecular formula is C11H15N5O. The third kappa shape index (κ3) is 2.79. The fourth-order valence-electron chi connectivity index (χ4n) is 1.44. The molecule has 2 aromatic rings. The molecule has 0 aliphatic carbocycles. The highest BCUT2D eigenvalue weighted by atomic mass is 16.5. The van der Waals surface area contributed by atoms with E-state index < -0.39 is 0 Å². The van der Waals surface area contributed by atoms with Crippen molar-refractivity contribution in [3.63, 3.8) is 0 Å². The second-order valence-electron chi connectivity index (χ2n) is 3.73. The molecule has 0 spiro atoms. The fraction of sp³-hybridized carbons (Fsp3) is 0.364. The van der Waals surface area contributed by atoms with E-state index in [0.29, 0.717) is 24.0 Å². The van der Waals surface area contributed by atoms with Gasteiger partial charge in [0.15, 0.2) is 5.75 Å². The summed E-state index contributed by atoms with van der Waals surface area (Å²) in [6.45, 7) is 2.50. The number of rotatable bonds is 4. The third-order valence-electron chi connectivity index (χ3n) is 2.21. The van der Waals surface area contributed by atoms with Crippen LogP contribution in [-0.4, -0.2) is 26.8 Å². The van der Waals surface area contributed by atoms with Crippen molar-refractivity contribution in [2.45, 2.75) is 13.5 Å². The van der Waals surface area contributed by atoms with Crippen LogP contribution in [0.4, 0.5) is 0 Å². The van der Waals surface area contributed by atoms with Gasteiger partial charge in [0.2, 0.25) is 5.88 Å². The summed E-state index contributed by atoms with van der Waals surface area (Å²) in [6, 6.07) is 0. The summed E-state index contributed by atoms with van der Waals surface area (Å²) in [4.78, 5) is 8.44. The van der Waals surface area contributed by atoms with Gasteiger partial charge < -0.3 is 10.1 Å². The van der Waals surface area contributed by atoms with E-state index in [0.717, 1.165) is 5.56 Å². The molecule has 0 bridgehead atoms. The summed E-state index contributed by atoms with van der Waals surface area (Å²) in [5, 5.41) is 7.10. The molecule has 6 heteroatoms. The van der Waals surface area contributed by atoms with Gasteiger partial charge in [-0.25, -0.2) is 4.98 Å². The molecule has 0 saturated carbocycles. The molecular weight excluding hydrogens is 218 g/mol. The summed E-state index contributed by atoms with van der Waals surface area (Å²) in [5.74, 6) is 1.92. The van der Waals surface area contributed by atoms with Gasteiger partial charge in [0, 0.05) is 25.4 Å². The molecule has 0 fully saturated rings. The standard InChI is InChI=1S/C11H15N5O/c1-8-13-5-9(4-12-2)11(15-8)17-10-6-14-16(3)7-10/h5-7,12H,4H2,1-3H3. The maximum Gasteiger partial charge on any atom is 0.227 e. The van der Waals surface area contributed by atoms with E-state index in [1.54, 1.807) is 23.3 Å². The summed E-state index contributed by atoms with van der Waals surface area (Å²) < 4.78 is 7.37. The molecule has 0 atom stereocenters. The quantitative estimate of drug-likeness (QED) is 0.854. The Morgan fingerprint density at radius 3 is 2.88 bits per heavy atom. The Bertz CT molecular complexity index is 508. The van der Waals surface area contributed by atoms with Gasteiger partial charge in [-0.3, -0.25) is 4.68 Å². The zero-order valence-corrected chi connectivity index (χ0v) is 10.1. The molecule has 1 N–H and O–H groups in total. The first kappa shape index (κ1) is 11.5. The molecule has 2 heterocycles. The van der Waals surface area contributed by atoms with Crippen LogP contribution in [0.1, 0.15) is 11.4 Å². The number of hydrogen-bond acceptors (Lipinski definition) is 5. The first-order chi connectivity index (χ1) is 8.19. The van der Waals surface area contributed by atoms with Gasteiger partial charge in [-0.15, -0.1) is 0 Å². The van der Waals surface area contributed by atoms with Gasteiger partial charge in [-0.1, -0.05) is 0 Å². The second kappa shape index (κ2) is 4.92. The molecule has 0 aliphatic rings. The van der Waals surface area contributed by atoms with E-state index in [9.17, 15) is 0 Å². The van der Waals surface area contributed by atoms with Crippen molar-refractivity contribution in [1.29, 1.82) is 0 Å². The van der Waals surface area contributed by atoms with E-state index in [1.807, 2.05) is 21.0 Å². The molecule has 0 radical (unpaired) electrons. The molecule has 0 saturated heterocycles. The summed E-state index contributed by atoms with van der Waals surface area (Å²) >= 11 is 0. The second-order valence-corrected chi connectivity index (χ2v) is 3.73. The van der Waals surface area contributed by atoms with E-state index in [1.165, 1.54) is 0 Å². The van der Waals surface area contributed by atoms with Crippen LogP contribution < -0.4 is 10.1 Å². The lowest BCUT2D eigenvalue weighted by atomic mass is 10.3. The Balaban J connectivity index is 2.26. The minimum absolute atomic E-state index is 0.569. The van der Waals surface area contributed by atoms with Crippen LogP contribution in [0.3, 0.4) is 0 Å². The van der Waals surface area contributed by atoms with Crippen molar-refractivity contribution in [2.75, 3.05) is 7.05 Å². The topological polar surface area (TPSA) is 64.9 Å². The molecule has 0 aliphatic heterocycles. The lowest BCUT2D eigenvalue weighted by molar-refractivity contribution is 0.450. The predicted molar refractivity (Wildman–Crippen MR) is 62.8 cm³/mol. The number of hydrogen-bond donors (Lipinski definition) is 1. The minimum atomic E-state index is 0.569. The maximum atomic E-state index is 5.69. The Morgan fingerprint density at radius 2 is 2.24 bits per heavy atom. The number of aromatic nitrogens is 4. The monoisotopic (exact) mass is 233 g/mol. The largest absolute Gasteiger partial charge is 0.435 e. The Labute approximate surface area is 99.7 Å². The lowest BCUT2D eigenvalue weighted by Crippen LogP contribution is -2.08. The van der Waals surface area contributed by atoms with E-state index in [2.05, 4.69) is 20.4 Å². The van der Waals surface area contributed by atoms with E-state index in [-0.39, 0.29) is 0 Å². The van der Waals surface area contributed by atoms with E-state index in [4.69, 9.17) is 4.74 Å². The van der Waals surface area contributed by atoms with Crippen LogP contribution in [0.5, 0.6) is 11.6 Å². The Morgan fingerprint density at radius 1 is 1.41 bits per heavy atom. The van der Waals surface area contributed by atoms with Crippen molar-refractivity contribution in [1.82, 2.24) is 25.1 Å². The SMILES string of the molecule is CNCc1cnc(C)nc1Oc1cnn(C)c1. The summed E-state index contributed by atoms with van der Waals surface area (Å²) in [7, 11) is 3.71.